The topological polar surface area (TPSA) is 66.9 Å². The van der Waals surface area contributed by atoms with Crippen molar-refractivity contribution in [3.05, 3.63) is 62.6 Å². The molecule has 0 atom stereocenters. The van der Waals surface area contributed by atoms with Gasteiger partial charge in [0.2, 0.25) is 0 Å². The quantitative estimate of drug-likeness (QED) is 0.624. The molecule has 0 heterocycles. The molecule has 0 radical (unpaired) electrons. The van der Waals surface area contributed by atoms with Gasteiger partial charge in [0.05, 0.1) is 21.0 Å². The average molecular weight is 303 g/mol. The Kier molecular flexibility index (Phi) is 3.40. The molecule has 2 aromatic carbocycles. The van der Waals surface area contributed by atoms with Gasteiger partial charge in [-0.15, -0.1) is 0 Å². The maximum atomic E-state index is 10.8. The Morgan fingerprint density at radius 3 is 2.28 bits per heavy atom. The van der Waals surface area contributed by atoms with Crippen molar-refractivity contribution in [3.8, 4) is 17.2 Å². The molecule has 0 fully saturated rings. The number of halogens is 1. The Morgan fingerprint density at radius 2 is 1.72 bits per heavy atom. The number of nitro groups is 1. The maximum absolute atomic E-state index is 10.8. The van der Waals surface area contributed by atoms with Crippen LogP contribution in [0.15, 0.2) is 46.9 Å². The van der Waals surface area contributed by atoms with Gasteiger partial charge in [-0.2, -0.15) is 5.26 Å². The molecule has 5 heteroatoms. The van der Waals surface area contributed by atoms with Gasteiger partial charge in [-0.3, -0.25) is 10.1 Å². The summed E-state index contributed by atoms with van der Waals surface area (Å²) < 4.78 is 0.449. The second kappa shape index (κ2) is 4.98. The summed E-state index contributed by atoms with van der Waals surface area (Å²) >= 11 is 3.14. The lowest BCUT2D eigenvalue weighted by Crippen LogP contribution is -1.90. The molecule has 0 N–H and O–H groups in total. The predicted molar refractivity (Wildman–Crippen MR) is 70.9 cm³/mol. The molecule has 2 rings (SSSR count). The number of nitriles is 1. The summed E-state index contributed by atoms with van der Waals surface area (Å²) in [6, 6.07) is 13.9. The van der Waals surface area contributed by atoms with E-state index < -0.39 is 4.92 Å². The van der Waals surface area contributed by atoms with Crippen molar-refractivity contribution in [3.63, 3.8) is 0 Å². The van der Waals surface area contributed by atoms with Crippen LogP contribution in [0.2, 0.25) is 0 Å². The van der Waals surface area contributed by atoms with E-state index in [0.717, 1.165) is 11.1 Å². The Bertz CT molecular complexity index is 645. The van der Waals surface area contributed by atoms with Crippen molar-refractivity contribution in [1.29, 1.82) is 5.26 Å². The summed E-state index contributed by atoms with van der Waals surface area (Å²) in [5, 5.41) is 19.5. The Balaban J connectivity index is 2.48. The number of nitro benzene ring substituents is 1. The molecule has 0 bridgehead atoms. The molecule has 0 aliphatic heterocycles. The molecular formula is C13H7BrN2O2. The number of rotatable bonds is 2. The molecule has 0 amide bonds. The predicted octanol–water partition coefficient (Wildman–Crippen LogP) is 3.90. The van der Waals surface area contributed by atoms with Crippen molar-refractivity contribution in [2.45, 2.75) is 0 Å². The fourth-order valence-corrected chi connectivity index (χ4v) is 1.96. The van der Waals surface area contributed by atoms with Gasteiger partial charge in [-0.25, -0.2) is 0 Å². The van der Waals surface area contributed by atoms with Crippen LogP contribution < -0.4 is 0 Å². The van der Waals surface area contributed by atoms with E-state index >= 15 is 0 Å². The molecule has 0 unspecified atom stereocenters. The molecule has 2 aromatic rings. The second-order valence-corrected chi connectivity index (χ2v) is 4.47. The lowest BCUT2D eigenvalue weighted by molar-refractivity contribution is -0.385. The van der Waals surface area contributed by atoms with Crippen molar-refractivity contribution in [1.82, 2.24) is 0 Å². The number of hydrogen-bond donors (Lipinski definition) is 0. The summed E-state index contributed by atoms with van der Waals surface area (Å²) in [5.41, 5.74) is 2.17. The normalized spacial score (nSPS) is 9.78. The van der Waals surface area contributed by atoms with E-state index in [9.17, 15) is 10.1 Å². The first-order valence-electron chi connectivity index (χ1n) is 5.06. The first-order valence-corrected chi connectivity index (χ1v) is 5.85. The van der Waals surface area contributed by atoms with Crippen LogP contribution in [0.3, 0.4) is 0 Å². The zero-order chi connectivity index (χ0) is 13.1. The minimum atomic E-state index is -0.433. The minimum Gasteiger partial charge on any atom is -0.258 e. The molecule has 0 saturated carbocycles. The summed E-state index contributed by atoms with van der Waals surface area (Å²) in [4.78, 5) is 10.4. The molecular weight excluding hydrogens is 296 g/mol. The highest BCUT2D eigenvalue weighted by molar-refractivity contribution is 9.10. The van der Waals surface area contributed by atoms with E-state index in [1.807, 2.05) is 6.07 Å². The molecule has 0 saturated heterocycles. The van der Waals surface area contributed by atoms with Crippen LogP contribution in [0.5, 0.6) is 0 Å². The van der Waals surface area contributed by atoms with Crippen LogP contribution in [0, 0.1) is 21.4 Å². The van der Waals surface area contributed by atoms with E-state index in [1.54, 1.807) is 36.4 Å². The largest absolute Gasteiger partial charge is 0.284 e. The number of hydrogen-bond acceptors (Lipinski definition) is 3. The van der Waals surface area contributed by atoms with Crippen molar-refractivity contribution in [2.75, 3.05) is 0 Å². The van der Waals surface area contributed by atoms with Gasteiger partial charge in [0.15, 0.2) is 0 Å². The van der Waals surface area contributed by atoms with Crippen LogP contribution in [-0.2, 0) is 0 Å². The molecule has 88 valence electrons. The zero-order valence-electron chi connectivity index (χ0n) is 9.13. The van der Waals surface area contributed by atoms with E-state index in [2.05, 4.69) is 15.9 Å². The molecule has 0 aliphatic rings. The highest BCUT2D eigenvalue weighted by Crippen LogP contribution is 2.30. The summed E-state index contributed by atoms with van der Waals surface area (Å²) in [7, 11) is 0. The zero-order valence-corrected chi connectivity index (χ0v) is 10.7. The third-order valence-electron chi connectivity index (χ3n) is 2.49. The van der Waals surface area contributed by atoms with E-state index in [1.165, 1.54) is 6.07 Å². The fourth-order valence-electron chi connectivity index (χ4n) is 1.57. The van der Waals surface area contributed by atoms with Crippen LogP contribution in [-0.4, -0.2) is 4.92 Å². The molecule has 0 aliphatic carbocycles. The second-order valence-electron chi connectivity index (χ2n) is 3.61. The molecule has 18 heavy (non-hydrogen) atoms. The SMILES string of the molecule is N#Cc1ccc(-c2ccc(Br)c([N+](=O)[O-])c2)cc1. The highest BCUT2D eigenvalue weighted by atomic mass is 79.9. The third kappa shape index (κ3) is 2.39. The fraction of sp³-hybridized carbons (Fsp3) is 0. The third-order valence-corrected chi connectivity index (χ3v) is 3.16. The highest BCUT2D eigenvalue weighted by Gasteiger charge is 2.12. The van der Waals surface area contributed by atoms with E-state index in [4.69, 9.17) is 5.26 Å². The Morgan fingerprint density at radius 1 is 1.11 bits per heavy atom. The van der Waals surface area contributed by atoms with E-state index in [0.29, 0.717) is 10.0 Å². The van der Waals surface area contributed by atoms with Crippen molar-refractivity contribution >= 4 is 21.6 Å². The van der Waals surface area contributed by atoms with E-state index in [-0.39, 0.29) is 5.69 Å². The Labute approximate surface area is 112 Å². The van der Waals surface area contributed by atoms with Crippen LogP contribution >= 0.6 is 15.9 Å². The van der Waals surface area contributed by atoms with Gasteiger partial charge in [0, 0.05) is 6.07 Å². The summed E-state index contributed by atoms with van der Waals surface area (Å²) in [5.74, 6) is 0. The van der Waals surface area contributed by atoms with Crippen molar-refractivity contribution < 1.29 is 4.92 Å². The van der Waals surface area contributed by atoms with Gasteiger partial charge in [-0.05, 0) is 45.3 Å². The first-order chi connectivity index (χ1) is 8.61. The van der Waals surface area contributed by atoms with Crippen LogP contribution in [0.1, 0.15) is 5.56 Å². The van der Waals surface area contributed by atoms with Crippen molar-refractivity contribution in [2.24, 2.45) is 0 Å². The number of nitrogens with zero attached hydrogens (tertiary/aromatic N) is 2. The standard InChI is InChI=1S/C13H7BrN2O2/c14-12-6-5-11(7-13(12)16(17)18)10-3-1-9(8-15)2-4-10/h1-7H. The van der Waals surface area contributed by atoms with Gasteiger partial charge >= 0.3 is 0 Å². The van der Waals surface area contributed by atoms with Gasteiger partial charge in [0.1, 0.15) is 0 Å². The molecule has 0 aromatic heterocycles. The summed E-state index contributed by atoms with van der Waals surface area (Å²) in [6.07, 6.45) is 0. The molecule has 4 nitrogen and oxygen atoms in total. The average Bonchev–Trinajstić information content (AvgIpc) is 2.39. The van der Waals surface area contributed by atoms with Gasteiger partial charge in [0.25, 0.3) is 5.69 Å². The lowest BCUT2D eigenvalue weighted by atomic mass is 10.0. The van der Waals surface area contributed by atoms with Gasteiger partial charge in [-0.1, -0.05) is 18.2 Å². The molecule has 0 spiro atoms. The summed E-state index contributed by atoms with van der Waals surface area (Å²) in [6.45, 7) is 0. The Hall–Kier alpha value is -2.19. The van der Waals surface area contributed by atoms with Crippen LogP contribution in [0.25, 0.3) is 11.1 Å². The van der Waals surface area contributed by atoms with Gasteiger partial charge < -0.3 is 0 Å². The van der Waals surface area contributed by atoms with Crippen LogP contribution in [0.4, 0.5) is 5.69 Å². The number of benzene rings is 2. The lowest BCUT2D eigenvalue weighted by Gasteiger charge is -2.03. The smallest absolute Gasteiger partial charge is 0.258 e. The first kappa shape index (κ1) is 12.3. The monoisotopic (exact) mass is 302 g/mol. The maximum Gasteiger partial charge on any atom is 0.284 e. The minimum absolute atomic E-state index is 0.0249.